The van der Waals surface area contributed by atoms with Crippen molar-refractivity contribution in [3.63, 3.8) is 0 Å². The molecule has 1 N–H and O–H groups in total. The molecule has 1 aromatic carbocycles. The predicted octanol–water partition coefficient (Wildman–Crippen LogP) is 1.77. The summed E-state index contributed by atoms with van der Waals surface area (Å²) in [5.41, 5.74) is 1.98. The van der Waals surface area contributed by atoms with E-state index in [0.717, 1.165) is 17.7 Å². The largest absolute Gasteiger partial charge is 0.392 e. The van der Waals surface area contributed by atoms with Crippen LogP contribution < -0.4 is 0 Å². The zero-order valence-electron chi connectivity index (χ0n) is 9.60. The van der Waals surface area contributed by atoms with Gasteiger partial charge in [-0.25, -0.2) is 0 Å². The van der Waals surface area contributed by atoms with Gasteiger partial charge in [0.25, 0.3) is 0 Å². The fraction of sp³-hybridized carbons (Fsp3) is 0.462. The van der Waals surface area contributed by atoms with Crippen molar-refractivity contribution in [3.8, 4) is 0 Å². The second-order valence-corrected chi connectivity index (χ2v) is 4.78. The van der Waals surface area contributed by atoms with Crippen LogP contribution in [0.15, 0.2) is 24.3 Å². The zero-order chi connectivity index (χ0) is 12.3. The summed E-state index contributed by atoms with van der Waals surface area (Å²) in [6.45, 7) is 1.44. The van der Waals surface area contributed by atoms with E-state index in [0.29, 0.717) is 24.8 Å². The second-order valence-electron chi connectivity index (χ2n) is 4.47. The monoisotopic (exact) mass is 253 g/mol. The molecule has 1 amide bonds. The van der Waals surface area contributed by atoms with Crippen LogP contribution in [0, 0.1) is 5.92 Å². The number of carbonyl (C=O) groups excluding carboxylic acids is 1. The Labute approximate surface area is 106 Å². The van der Waals surface area contributed by atoms with Crippen molar-refractivity contribution < 1.29 is 9.90 Å². The number of aliphatic hydroxyl groups excluding tert-OH is 1. The Hall–Kier alpha value is -1.06. The van der Waals surface area contributed by atoms with E-state index in [4.69, 9.17) is 16.7 Å². The Morgan fingerprint density at radius 1 is 1.29 bits per heavy atom. The molecule has 3 nitrogen and oxygen atoms in total. The molecule has 1 saturated heterocycles. The number of hydrogen-bond acceptors (Lipinski definition) is 2. The highest BCUT2D eigenvalue weighted by molar-refractivity contribution is 6.18. The molecule has 0 aliphatic carbocycles. The van der Waals surface area contributed by atoms with Crippen LogP contribution in [0.2, 0.25) is 0 Å². The number of aliphatic hydroxyl groups is 1. The Bertz CT molecular complexity index is 391. The van der Waals surface area contributed by atoms with Crippen LogP contribution in [0.4, 0.5) is 0 Å². The maximum atomic E-state index is 11.7. The number of amides is 1. The number of benzene rings is 1. The van der Waals surface area contributed by atoms with Crippen LogP contribution in [0.5, 0.6) is 0 Å². The number of alkyl halides is 1. The van der Waals surface area contributed by atoms with E-state index in [1.807, 2.05) is 29.2 Å². The lowest BCUT2D eigenvalue weighted by molar-refractivity contribution is -0.128. The van der Waals surface area contributed by atoms with Crippen molar-refractivity contribution in [2.24, 2.45) is 5.92 Å². The molecule has 92 valence electrons. The zero-order valence-corrected chi connectivity index (χ0v) is 10.4. The van der Waals surface area contributed by atoms with Gasteiger partial charge in [0, 0.05) is 25.4 Å². The first-order valence-electron chi connectivity index (χ1n) is 5.75. The Morgan fingerprint density at radius 2 is 1.94 bits per heavy atom. The molecular weight excluding hydrogens is 238 g/mol. The maximum Gasteiger partial charge on any atom is 0.223 e. The van der Waals surface area contributed by atoms with Crippen molar-refractivity contribution in [2.75, 3.05) is 12.4 Å². The predicted molar refractivity (Wildman–Crippen MR) is 66.6 cm³/mol. The molecule has 0 spiro atoms. The number of likely N-dealkylation sites (tertiary alicyclic amines) is 1. The van der Waals surface area contributed by atoms with Gasteiger partial charge < -0.3 is 10.0 Å². The van der Waals surface area contributed by atoms with Gasteiger partial charge in [-0.05, 0) is 17.0 Å². The third kappa shape index (κ3) is 2.99. The fourth-order valence-corrected chi connectivity index (χ4v) is 2.29. The van der Waals surface area contributed by atoms with E-state index in [1.165, 1.54) is 0 Å². The fourth-order valence-electron chi connectivity index (χ4n) is 2.08. The van der Waals surface area contributed by atoms with E-state index < -0.39 is 0 Å². The molecule has 17 heavy (non-hydrogen) atoms. The van der Waals surface area contributed by atoms with Gasteiger partial charge in [0.1, 0.15) is 0 Å². The molecule has 0 saturated carbocycles. The van der Waals surface area contributed by atoms with Crippen molar-refractivity contribution in [1.82, 2.24) is 4.90 Å². The van der Waals surface area contributed by atoms with Gasteiger partial charge in [0.2, 0.25) is 5.91 Å². The minimum Gasteiger partial charge on any atom is -0.392 e. The molecular formula is C13H16ClNO2. The molecule has 4 heteroatoms. The lowest BCUT2D eigenvalue weighted by Crippen LogP contribution is -2.24. The van der Waals surface area contributed by atoms with Crippen molar-refractivity contribution in [1.29, 1.82) is 0 Å². The van der Waals surface area contributed by atoms with Gasteiger partial charge in [-0.3, -0.25) is 4.79 Å². The maximum absolute atomic E-state index is 11.7. The number of nitrogens with zero attached hydrogens (tertiary/aromatic N) is 1. The molecule has 1 aliphatic rings. The van der Waals surface area contributed by atoms with Crippen molar-refractivity contribution in [3.05, 3.63) is 35.4 Å². The molecule has 1 atom stereocenters. The minimum atomic E-state index is 0.0528. The molecule has 2 rings (SSSR count). The average Bonchev–Trinajstić information content (AvgIpc) is 2.71. The SMILES string of the molecule is O=C1CC(CCl)CN1Cc1ccc(CO)cc1. The molecule has 1 aromatic rings. The lowest BCUT2D eigenvalue weighted by Gasteiger charge is -2.16. The third-order valence-electron chi connectivity index (χ3n) is 3.09. The summed E-state index contributed by atoms with van der Waals surface area (Å²) in [6.07, 6.45) is 0.568. The highest BCUT2D eigenvalue weighted by atomic mass is 35.5. The summed E-state index contributed by atoms with van der Waals surface area (Å²) in [5.74, 6) is 1.02. The normalized spacial score (nSPS) is 20.0. The summed E-state index contributed by atoms with van der Waals surface area (Å²) >= 11 is 5.77. The van der Waals surface area contributed by atoms with Crippen LogP contribution in [0.25, 0.3) is 0 Å². The number of hydrogen-bond donors (Lipinski definition) is 1. The molecule has 1 unspecified atom stereocenters. The first-order chi connectivity index (χ1) is 8.22. The van der Waals surface area contributed by atoms with Crippen LogP contribution in [0.1, 0.15) is 17.5 Å². The van der Waals surface area contributed by atoms with Crippen molar-refractivity contribution in [2.45, 2.75) is 19.6 Å². The van der Waals surface area contributed by atoms with Gasteiger partial charge in [0.05, 0.1) is 6.61 Å². The lowest BCUT2D eigenvalue weighted by atomic mass is 10.1. The van der Waals surface area contributed by atoms with E-state index >= 15 is 0 Å². The molecule has 0 radical (unpaired) electrons. The van der Waals surface area contributed by atoms with Gasteiger partial charge in [-0.15, -0.1) is 11.6 Å². The summed E-state index contributed by atoms with van der Waals surface area (Å²) in [6, 6.07) is 7.67. The first-order valence-corrected chi connectivity index (χ1v) is 6.28. The Kier molecular flexibility index (Phi) is 4.02. The minimum absolute atomic E-state index is 0.0528. The average molecular weight is 254 g/mol. The first kappa shape index (κ1) is 12.4. The summed E-state index contributed by atoms with van der Waals surface area (Å²) in [4.78, 5) is 13.5. The van der Waals surface area contributed by atoms with E-state index in [9.17, 15) is 4.79 Å². The molecule has 0 aromatic heterocycles. The quantitative estimate of drug-likeness (QED) is 0.831. The molecule has 1 fully saturated rings. The van der Waals surface area contributed by atoms with Crippen LogP contribution >= 0.6 is 11.6 Å². The number of carbonyl (C=O) groups is 1. The third-order valence-corrected chi connectivity index (χ3v) is 3.53. The summed E-state index contributed by atoms with van der Waals surface area (Å²) in [5, 5.41) is 8.94. The highest BCUT2D eigenvalue weighted by Crippen LogP contribution is 2.21. The van der Waals surface area contributed by atoms with Crippen LogP contribution in [-0.4, -0.2) is 28.3 Å². The van der Waals surface area contributed by atoms with Crippen LogP contribution in [-0.2, 0) is 17.9 Å². The summed E-state index contributed by atoms with van der Waals surface area (Å²) < 4.78 is 0. The molecule has 0 bridgehead atoms. The van der Waals surface area contributed by atoms with E-state index in [-0.39, 0.29) is 12.5 Å². The Balaban J connectivity index is 1.98. The van der Waals surface area contributed by atoms with Gasteiger partial charge in [-0.1, -0.05) is 24.3 Å². The molecule has 1 heterocycles. The second kappa shape index (κ2) is 5.52. The standard InChI is InChI=1S/C13H16ClNO2/c14-6-12-5-13(17)15(8-12)7-10-1-3-11(9-16)4-2-10/h1-4,12,16H,5-9H2. The van der Waals surface area contributed by atoms with Gasteiger partial charge >= 0.3 is 0 Å². The number of halogens is 1. The highest BCUT2D eigenvalue weighted by Gasteiger charge is 2.28. The van der Waals surface area contributed by atoms with Crippen LogP contribution in [0.3, 0.4) is 0 Å². The summed E-state index contributed by atoms with van der Waals surface area (Å²) in [7, 11) is 0. The van der Waals surface area contributed by atoms with Gasteiger partial charge in [0.15, 0.2) is 0 Å². The molecule has 1 aliphatic heterocycles. The van der Waals surface area contributed by atoms with E-state index in [2.05, 4.69) is 0 Å². The smallest absolute Gasteiger partial charge is 0.223 e. The topological polar surface area (TPSA) is 40.5 Å². The Morgan fingerprint density at radius 3 is 2.47 bits per heavy atom. The van der Waals surface area contributed by atoms with E-state index in [1.54, 1.807) is 0 Å². The number of rotatable bonds is 4. The van der Waals surface area contributed by atoms with Gasteiger partial charge in [-0.2, -0.15) is 0 Å². The van der Waals surface area contributed by atoms with Crippen molar-refractivity contribution >= 4 is 17.5 Å².